The number of aliphatic hydroxyl groups excluding tert-OH is 3. The van der Waals surface area contributed by atoms with Crippen LogP contribution < -0.4 is 5.32 Å². The van der Waals surface area contributed by atoms with E-state index in [1.165, 1.54) is 14.0 Å². The Kier molecular flexibility index (Phi) is 13.5. The van der Waals surface area contributed by atoms with Crippen molar-refractivity contribution in [3.8, 4) is 0 Å². The molecule has 0 aromatic heterocycles. The highest BCUT2D eigenvalue weighted by atomic mass is 16.7. The highest BCUT2D eigenvalue weighted by molar-refractivity contribution is 5.73. The Hall–Kier alpha value is -1.65. The molecule has 17 atom stereocenters. The third-order valence-electron chi connectivity index (χ3n) is 11.8. The molecule has 294 valence electrons. The zero-order valence-corrected chi connectivity index (χ0v) is 32.5. The molecule has 0 amide bonds. The van der Waals surface area contributed by atoms with Crippen molar-refractivity contribution in [2.24, 2.45) is 17.8 Å². The van der Waals surface area contributed by atoms with Gasteiger partial charge in [0.2, 0.25) is 0 Å². The van der Waals surface area contributed by atoms with E-state index in [1.54, 1.807) is 33.8 Å². The topological polar surface area (TPSA) is 175 Å². The molecule has 3 fully saturated rings. The largest absolute Gasteiger partial charge is 0.488 e. The van der Waals surface area contributed by atoms with Gasteiger partial charge in [0.15, 0.2) is 12.6 Å². The highest BCUT2D eigenvalue weighted by Crippen LogP contribution is 2.48. The van der Waals surface area contributed by atoms with Crippen molar-refractivity contribution in [3.05, 3.63) is 24.0 Å². The van der Waals surface area contributed by atoms with Crippen molar-refractivity contribution >= 4 is 5.97 Å². The second-order valence-corrected chi connectivity index (χ2v) is 16.1. The van der Waals surface area contributed by atoms with Gasteiger partial charge in [-0.15, -0.1) is 6.58 Å². The van der Waals surface area contributed by atoms with Crippen LogP contribution in [0.5, 0.6) is 0 Å². The Morgan fingerprint density at radius 3 is 2.39 bits per heavy atom. The second-order valence-electron chi connectivity index (χ2n) is 16.1. The Balaban J connectivity index is 1.82. The Morgan fingerprint density at radius 2 is 1.78 bits per heavy atom. The molecule has 3 saturated heterocycles. The van der Waals surface area contributed by atoms with Crippen molar-refractivity contribution < 1.29 is 58.4 Å². The number of hydrogen-bond acceptors (Lipinski definition) is 13. The van der Waals surface area contributed by atoms with E-state index in [0.29, 0.717) is 25.1 Å². The quantitative estimate of drug-likeness (QED) is 0.155. The van der Waals surface area contributed by atoms with E-state index in [1.807, 2.05) is 34.6 Å². The molecule has 0 aliphatic carbocycles. The van der Waals surface area contributed by atoms with E-state index in [9.17, 15) is 25.2 Å². The van der Waals surface area contributed by atoms with E-state index in [-0.39, 0.29) is 25.0 Å². The lowest BCUT2D eigenvalue weighted by molar-refractivity contribution is -0.314. The molecule has 4 rings (SSSR count). The van der Waals surface area contributed by atoms with Gasteiger partial charge >= 0.3 is 5.97 Å². The summed E-state index contributed by atoms with van der Waals surface area (Å²) in [5.41, 5.74) is -2.99. The monoisotopic (exact) mass is 727 g/mol. The first-order valence-corrected chi connectivity index (χ1v) is 18.6. The number of ether oxygens (including phenoxy) is 7. The molecule has 4 aliphatic heterocycles. The van der Waals surface area contributed by atoms with E-state index < -0.39 is 95.8 Å². The number of esters is 1. The first kappa shape index (κ1) is 42.1. The van der Waals surface area contributed by atoms with Crippen LogP contribution in [0.3, 0.4) is 0 Å². The number of nitrogens with one attached hydrogen (secondary N) is 1. The van der Waals surface area contributed by atoms with Crippen LogP contribution in [-0.2, 0) is 38.0 Å². The molecule has 4 heterocycles. The van der Waals surface area contributed by atoms with Crippen LogP contribution in [0.4, 0.5) is 0 Å². The van der Waals surface area contributed by atoms with Gasteiger partial charge in [0.1, 0.15) is 41.4 Å². The smallest absolute Gasteiger partial charge is 0.311 e. The molecular formula is C38H65NO12. The van der Waals surface area contributed by atoms with Crippen molar-refractivity contribution in [2.75, 3.05) is 13.7 Å². The average Bonchev–Trinajstić information content (AvgIpc) is 3.39. The lowest BCUT2D eigenvalue weighted by Gasteiger charge is -2.48. The first-order valence-electron chi connectivity index (χ1n) is 18.6. The summed E-state index contributed by atoms with van der Waals surface area (Å²) in [6, 6.07) is -0.327. The van der Waals surface area contributed by atoms with Crippen LogP contribution in [-0.4, -0.2) is 124 Å². The first-order chi connectivity index (χ1) is 23.7. The van der Waals surface area contributed by atoms with Crippen LogP contribution in [0.15, 0.2) is 24.0 Å². The van der Waals surface area contributed by atoms with Crippen LogP contribution in [0, 0.1) is 17.8 Å². The fourth-order valence-electron chi connectivity index (χ4n) is 8.67. The maximum atomic E-state index is 14.3. The minimum Gasteiger partial charge on any atom is -0.488 e. The van der Waals surface area contributed by atoms with Gasteiger partial charge in [-0.05, 0) is 66.9 Å². The van der Waals surface area contributed by atoms with Crippen LogP contribution in [0.1, 0.15) is 94.9 Å². The van der Waals surface area contributed by atoms with Crippen LogP contribution in [0.25, 0.3) is 0 Å². The normalized spacial score (nSPS) is 45.6. The fraction of sp³-hybridized carbons (Fsp3) is 0.868. The lowest BCUT2D eigenvalue weighted by Crippen LogP contribution is -2.60. The summed E-state index contributed by atoms with van der Waals surface area (Å²) in [7, 11) is 1.52. The summed E-state index contributed by atoms with van der Waals surface area (Å²) in [5, 5.41) is 48.5. The van der Waals surface area contributed by atoms with E-state index >= 15 is 0 Å². The van der Waals surface area contributed by atoms with Crippen molar-refractivity contribution in [1.82, 2.24) is 5.32 Å². The SMILES string of the molecule is C=CCNC1CC(C)O[C@@H](O[C@@H]2[C@@H](C)[C@H](O[C@H]3CC(C)(OC)[C@@H](O)C(C)O3)[C@@H](C)C(=O)O[C@@H]([C@](C)(O)[C@@H](O)CC)[C@@H](C)C3=C(C)C[C@@]2(C)O3)C1O. The minimum atomic E-state index is -1.83. The molecule has 4 aliphatic rings. The molecule has 0 aromatic rings. The third kappa shape index (κ3) is 8.53. The second kappa shape index (κ2) is 16.4. The summed E-state index contributed by atoms with van der Waals surface area (Å²) < 4.78 is 44.8. The summed E-state index contributed by atoms with van der Waals surface area (Å²) in [6.07, 6.45) is -5.80. The molecule has 0 spiro atoms. The van der Waals surface area contributed by atoms with Gasteiger partial charge in [0.05, 0.1) is 41.9 Å². The van der Waals surface area contributed by atoms with E-state index in [2.05, 4.69) is 11.9 Å². The van der Waals surface area contributed by atoms with Gasteiger partial charge in [-0.2, -0.15) is 0 Å². The summed E-state index contributed by atoms with van der Waals surface area (Å²) in [5.74, 6) is -2.32. The van der Waals surface area contributed by atoms with Gasteiger partial charge in [0.25, 0.3) is 0 Å². The molecule has 13 heteroatoms. The predicted octanol–water partition coefficient (Wildman–Crippen LogP) is 3.11. The number of rotatable bonds is 11. The fourth-order valence-corrected chi connectivity index (χ4v) is 8.67. The number of carbonyl (C=O) groups excluding carboxylic acids is 1. The summed E-state index contributed by atoms with van der Waals surface area (Å²) >= 11 is 0. The summed E-state index contributed by atoms with van der Waals surface area (Å²) in [6.45, 7) is 22.2. The minimum absolute atomic E-state index is 0.166. The van der Waals surface area contributed by atoms with Gasteiger partial charge < -0.3 is 58.9 Å². The Labute approximate surface area is 304 Å². The van der Waals surface area contributed by atoms with Gasteiger partial charge in [-0.25, -0.2) is 0 Å². The number of hydrogen-bond donors (Lipinski definition) is 5. The highest BCUT2D eigenvalue weighted by Gasteiger charge is 2.56. The van der Waals surface area contributed by atoms with Crippen molar-refractivity contribution in [3.63, 3.8) is 0 Å². The molecule has 5 unspecified atom stereocenters. The molecule has 0 saturated carbocycles. The molecule has 0 radical (unpaired) electrons. The van der Waals surface area contributed by atoms with Crippen LogP contribution in [0.2, 0.25) is 0 Å². The molecule has 5 N–H and O–H groups in total. The average molecular weight is 728 g/mol. The van der Waals surface area contributed by atoms with Gasteiger partial charge in [-0.1, -0.05) is 26.8 Å². The van der Waals surface area contributed by atoms with Gasteiger partial charge in [0, 0.05) is 38.5 Å². The number of fused-ring (bicyclic) bond motifs is 2. The molecule has 13 nitrogen and oxygen atoms in total. The number of carbonyl (C=O) groups is 1. The standard InChI is InChI=1S/C38H65NO12/c1-13-15-39-25-16-20(4)46-35(28(25)41)50-32-22(6)30(48-27-18-36(9,45-12)31(42)24(8)47-27)23(7)34(43)49-33(38(11,44)26(40)14-2)21(5)29-19(3)17-37(32,10)51-29/h13,20-28,30-33,35,39-42,44H,1,14-18H2,2-12H3/t20?,21-,22-,23+,24?,25?,26-,27-,28?,30-,31-,32+,33+,35-,36?,37+,38+/m0/s1. The predicted molar refractivity (Wildman–Crippen MR) is 188 cm³/mol. The number of methoxy groups -OCH3 is 1. The Morgan fingerprint density at radius 1 is 1.12 bits per heavy atom. The van der Waals surface area contributed by atoms with Crippen molar-refractivity contribution in [1.29, 1.82) is 0 Å². The lowest BCUT2D eigenvalue weighted by atomic mass is 9.78. The Bertz CT molecular complexity index is 1250. The van der Waals surface area contributed by atoms with Crippen LogP contribution >= 0.6 is 0 Å². The van der Waals surface area contributed by atoms with Crippen molar-refractivity contribution in [2.45, 2.75) is 179 Å². The maximum Gasteiger partial charge on any atom is 0.311 e. The number of aliphatic hydroxyl groups is 4. The zero-order valence-electron chi connectivity index (χ0n) is 32.5. The molecular weight excluding hydrogens is 662 g/mol. The zero-order chi connectivity index (χ0) is 38.2. The van der Waals surface area contributed by atoms with E-state index in [0.717, 1.165) is 5.57 Å². The number of cyclic esters (lactones) is 1. The van der Waals surface area contributed by atoms with Gasteiger partial charge in [-0.3, -0.25) is 4.79 Å². The molecule has 0 aromatic carbocycles. The summed E-state index contributed by atoms with van der Waals surface area (Å²) in [4.78, 5) is 14.3. The molecule has 2 bridgehead atoms. The molecule has 51 heavy (non-hydrogen) atoms. The maximum absolute atomic E-state index is 14.3. The van der Waals surface area contributed by atoms with E-state index in [4.69, 9.17) is 33.2 Å². The third-order valence-corrected chi connectivity index (χ3v) is 11.8.